The third-order valence-corrected chi connectivity index (χ3v) is 9.19. The summed E-state index contributed by atoms with van der Waals surface area (Å²) >= 11 is 0. The molecule has 3 saturated carbocycles. The number of rotatable bonds is 2. The minimum atomic E-state index is -1.24. The van der Waals surface area contributed by atoms with Gasteiger partial charge < -0.3 is 19.7 Å². The van der Waals surface area contributed by atoms with E-state index in [1.165, 1.54) is 0 Å². The average Bonchev–Trinajstić information content (AvgIpc) is 3.09. The van der Waals surface area contributed by atoms with Gasteiger partial charge in [0, 0.05) is 16.7 Å². The standard InChI is InChI=1S/C24H32O6/c1-20(2)29-19-12-17-22(4,24(19,30-20)18(27)13-25)9-7-16-21(3)8-6-15(26)11-14(21)5-10-23(16,17)28/h6,8,11,16-17,19,25,28H,5,7,9-10,12-13H2,1-4H3. The highest BCUT2D eigenvalue weighted by Crippen LogP contribution is 2.71. The van der Waals surface area contributed by atoms with Crippen LogP contribution < -0.4 is 0 Å². The summed E-state index contributed by atoms with van der Waals surface area (Å²) in [5, 5.41) is 22.1. The lowest BCUT2D eigenvalue weighted by molar-refractivity contribution is -0.241. The van der Waals surface area contributed by atoms with Gasteiger partial charge in [-0.15, -0.1) is 0 Å². The summed E-state index contributed by atoms with van der Waals surface area (Å²) < 4.78 is 12.5. The molecule has 0 radical (unpaired) electrons. The first-order valence-electron chi connectivity index (χ1n) is 11.1. The number of aliphatic hydroxyl groups excluding tert-OH is 1. The third-order valence-electron chi connectivity index (χ3n) is 9.19. The molecule has 7 unspecified atom stereocenters. The molecule has 7 atom stereocenters. The number of aliphatic hydroxyl groups is 2. The first-order chi connectivity index (χ1) is 13.9. The van der Waals surface area contributed by atoms with Crippen LogP contribution in [0.5, 0.6) is 0 Å². The molecule has 0 bridgehead atoms. The molecule has 30 heavy (non-hydrogen) atoms. The molecule has 6 heteroatoms. The van der Waals surface area contributed by atoms with E-state index in [1.807, 2.05) is 13.0 Å². The van der Waals surface area contributed by atoms with Crippen molar-refractivity contribution in [2.24, 2.45) is 22.7 Å². The van der Waals surface area contributed by atoms with Crippen molar-refractivity contribution in [3.63, 3.8) is 0 Å². The van der Waals surface area contributed by atoms with E-state index in [1.54, 1.807) is 26.0 Å². The van der Waals surface area contributed by atoms with Gasteiger partial charge in [0.1, 0.15) is 6.61 Å². The molecule has 5 rings (SSSR count). The average molecular weight is 417 g/mol. The van der Waals surface area contributed by atoms with Gasteiger partial charge in [-0.1, -0.05) is 25.5 Å². The van der Waals surface area contributed by atoms with Crippen molar-refractivity contribution in [2.45, 2.75) is 82.9 Å². The van der Waals surface area contributed by atoms with E-state index < -0.39 is 35.1 Å². The van der Waals surface area contributed by atoms with E-state index in [0.29, 0.717) is 32.1 Å². The second-order valence-corrected chi connectivity index (χ2v) is 10.9. The predicted molar refractivity (Wildman–Crippen MR) is 108 cm³/mol. The summed E-state index contributed by atoms with van der Waals surface area (Å²) in [7, 11) is 0. The van der Waals surface area contributed by atoms with Crippen molar-refractivity contribution in [2.75, 3.05) is 6.61 Å². The molecule has 0 spiro atoms. The Morgan fingerprint density at radius 3 is 2.63 bits per heavy atom. The number of Topliss-reactive ketones (excluding diaryl/α,β-unsaturated/α-hetero) is 1. The molecule has 0 aromatic heterocycles. The summed E-state index contributed by atoms with van der Waals surface area (Å²) in [6, 6.07) is 0. The predicted octanol–water partition coefficient (Wildman–Crippen LogP) is 2.47. The molecule has 4 fully saturated rings. The number of hydrogen-bond donors (Lipinski definition) is 2. The fraction of sp³-hybridized carbons (Fsp3) is 0.750. The fourth-order valence-corrected chi connectivity index (χ4v) is 7.98. The van der Waals surface area contributed by atoms with Gasteiger partial charge in [-0.05, 0) is 64.0 Å². The molecule has 5 aliphatic rings. The first-order valence-corrected chi connectivity index (χ1v) is 11.1. The number of allylic oxidation sites excluding steroid dienone is 4. The zero-order valence-electron chi connectivity index (χ0n) is 18.2. The Morgan fingerprint density at radius 2 is 1.93 bits per heavy atom. The van der Waals surface area contributed by atoms with E-state index in [4.69, 9.17) is 9.47 Å². The zero-order chi connectivity index (χ0) is 21.7. The van der Waals surface area contributed by atoms with Gasteiger partial charge in [-0.25, -0.2) is 0 Å². The smallest absolute Gasteiger partial charge is 0.193 e. The van der Waals surface area contributed by atoms with Crippen LogP contribution >= 0.6 is 0 Å². The molecule has 1 heterocycles. The molecule has 164 valence electrons. The summed E-state index contributed by atoms with van der Waals surface area (Å²) in [5.41, 5.74) is -2.14. The lowest BCUT2D eigenvalue weighted by atomic mass is 9.45. The van der Waals surface area contributed by atoms with Crippen LogP contribution in [0, 0.1) is 22.7 Å². The SMILES string of the molecule is CC1(C)OC2CC3C4(O)CCC5=CC(=O)C=CC5(C)C4CCC3(C)C2(C(=O)CO)O1. The lowest BCUT2D eigenvalue weighted by Crippen LogP contribution is -2.66. The highest BCUT2D eigenvalue weighted by atomic mass is 16.8. The Hall–Kier alpha value is -1.34. The summed E-state index contributed by atoms with van der Waals surface area (Å²) in [4.78, 5) is 25.1. The molecular weight excluding hydrogens is 384 g/mol. The van der Waals surface area contributed by atoms with Crippen LogP contribution in [0.2, 0.25) is 0 Å². The fourth-order valence-electron chi connectivity index (χ4n) is 7.98. The van der Waals surface area contributed by atoms with E-state index in [-0.39, 0.29) is 28.8 Å². The normalized spacial score (nSPS) is 50.9. The number of fused-ring (bicyclic) bond motifs is 7. The van der Waals surface area contributed by atoms with Gasteiger partial charge in [0.25, 0.3) is 0 Å². The molecular formula is C24H32O6. The van der Waals surface area contributed by atoms with E-state index >= 15 is 0 Å². The van der Waals surface area contributed by atoms with Crippen molar-refractivity contribution in [1.82, 2.24) is 0 Å². The maximum absolute atomic E-state index is 13.2. The third kappa shape index (κ3) is 2.23. The quantitative estimate of drug-likeness (QED) is 0.718. The number of ether oxygens (including phenoxy) is 2. The van der Waals surface area contributed by atoms with Crippen molar-refractivity contribution in [3.8, 4) is 0 Å². The maximum atomic E-state index is 13.2. The van der Waals surface area contributed by atoms with Crippen LogP contribution in [0.15, 0.2) is 23.8 Å². The minimum Gasteiger partial charge on any atom is -0.389 e. The van der Waals surface area contributed by atoms with Crippen molar-refractivity contribution >= 4 is 11.6 Å². The number of carbonyl (C=O) groups excluding carboxylic acids is 2. The topological polar surface area (TPSA) is 93.1 Å². The molecule has 2 N–H and O–H groups in total. The molecule has 0 aromatic rings. The zero-order valence-corrected chi connectivity index (χ0v) is 18.2. The Bertz CT molecular complexity index is 888. The van der Waals surface area contributed by atoms with Crippen molar-refractivity contribution in [3.05, 3.63) is 23.8 Å². The molecule has 0 amide bonds. The van der Waals surface area contributed by atoms with Crippen LogP contribution in [0.1, 0.15) is 59.8 Å². The second kappa shape index (κ2) is 5.91. The minimum absolute atomic E-state index is 0.0143. The monoisotopic (exact) mass is 416 g/mol. The summed E-state index contributed by atoms with van der Waals surface area (Å²) in [6.07, 6.45) is 7.99. The van der Waals surface area contributed by atoms with Gasteiger partial charge in [-0.3, -0.25) is 9.59 Å². The Morgan fingerprint density at radius 1 is 1.20 bits per heavy atom. The van der Waals surface area contributed by atoms with Crippen LogP contribution in [0.25, 0.3) is 0 Å². The maximum Gasteiger partial charge on any atom is 0.193 e. The Kier molecular flexibility index (Phi) is 4.05. The molecule has 4 aliphatic carbocycles. The highest BCUT2D eigenvalue weighted by Gasteiger charge is 2.78. The van der Waals surface area contributed by atoms with Crippen molar-refractivity contribution < 1.29 is 29.3 Å². The summed E-state index contributed by atoms with van der Waals surface area (Å²) in [6.45, 7) is 7.17. The van der Waals surface area contributed by atoms with Crippen LogP contribution in [0.4, 0.5) is 0 Å². The Balaban J connectivity index is 1.60. The van der Waals surface area contributed by atoms with Crippen LogP contribution in [-0.2, 0) is 19.1 Å². The lowest BCUT2D eigenvalue weighted by Gasteiger charge is -2.62. The van der Waals surface area contributed by atoms with Gasteiger partial charge in [0.05, 0.1) is 11.7 Å². The highest BCUT2D eigenvalue weighted by molar-refractivity contribution is 6.01. The molecule has 1 aliphatic heterocycles. The molecule has 1 saturated heterocycles. The number of carbonyl (C=O) groups is 2. The second-order valence-electron chi connectivity index (χ2n) is 10.9. The van der Waals surface area contributed by atoms with Crippen LogP contribution in [-0.4, -0.2) is 51.5 Å². The van der Waals surface area contributed by atoms with Gasteiger partial charge in [-0.2, -0.15) is 0 Å². The Labute approximate surface area is 177 Å². The van der Waals surface area contributed by atoms with Gasteiger partial charge >= 0.3 is 0 Å². The molecule has 6 nitrogen and oxygen atoms in total. The van der Waals surface area contributed by atoms with E-state index in [0.717, 1.165) is 5.57 Å². The van der Waals surface area contributed by atoms with Gasteiger partial charge in [0.15, 0.2) is 23.0 Å². The first kappa shape index (κ1) is 20.6. The number of ketones is 2. The molecule has 0 aromatic carbocycles. The van der Waals surface area contributed by atoms with Crippen LogP contribution in [0.3, 0.4) is 0 Å². The van der Waals surface area contributed by atoms with E-state index in [9.17, 15) is 19.8 Å². The van der Waals surface area contributed by atoms with E-state index in [2.05, 4.69) is 6.92 Å². The largest absolute Gasteiger partial charge is 0.389 e. The van der Waals surface area contributed by atoms with Gasteiger partial charge in [0.2, 0.25) is 0 Å². The van der Waals surface area contributed by atoms with Crippen molar-refractivity contribution in [1.29, 1.82) is 0 Å². The summed E-state index contributed by atoms with van der Waals surface area (Å²) in [5.74, 6) is -1.48. The number of hydrogen-bond acceptors (Lipinski definition) is 6.